The van der Waals surface area contributed by atoms with Crippen molar-refractivity contribution in [2.24, 2.45) is 5.73 Å². The topological polar surface area (TPSA) is 96.1 Å². The maximum absolute atomic E-state index is 11.3. The second kappa shape index (κ2) is 5.21. The average Bonchev–Trinajstić information content (AvgIpc) is 2.28. The maximum Gasteiger partial charge on any atom is 0.250 e. The third kappa shape index (κ3) is 2.88. The van der Waals surface area contributed by atoms with Gasteiger partial charge >= 0.3 is 0 Å². The molecule has 1 rings (SSSR count). The molecular formula is C12H16N4O. The molecule has 0 bridgehead atoms. The molecular weight excluding hydrogens is 216 g/mol. The third-order valence-corrected chi connectivity index (χ3v) is 2.71. The van der Waals surface area contributed by atoms with E-state index in [0.717, 1.165) is 0 Å². The quantitative estimate of drug-likeness (QED) is 0.760. The Labute approximate surface area is 101 Å². The molecule has 1 amide bonds. The first-order valence-electron chi connectivity index (χ1n) is 5.26. The van der Waals surface area contributed by atoms with E-state index in [2.05, 4.69) is 6.07 Å². The number of nitrogen functional groups attached to an aromatic ring is 1. The third-order valence-electron chi connectivity index (χ3n) is 2.71. The van der Waals surface area contributed by atoms with Crippen LogP contribution in [0.4, 0.5) is 11.4 Å². The Morgan fingerprint density at radius 1 is 1.59 bits per heavy atom. The van der Waals surface area contributed by atoms with Gasteiger partial charge in [0.15, 0.2) is 0 Å². The van der Waals surface area contributed by atoms with Crippen molar-refractivity contribution in [3.8, 4) is 6.07 Å². The van der Waals surface area contributed by atoms with Crippen LogP contribution in [0.2, 0.25) is 0 Å². The molecule has 0 radical (unpaired) electrons. The summed E-state index contributed by atoms with van der Waals surface area (Å²) in [6.07, 6.45) is 0.374. The molecule has 5 heteroatoms. The number of amides is 1. The molecule has 1 unspecified atom stereocenters. The molecule has 90 valence electrons. The minimum absolute atomic E-state index is 0.00160. The molecule has 0 aliphatic heterocycles. The normalized spacial score (nSPS) is 11.6. The van der Waals surface area contributed by atoms with Gasteiger partial charge in [-0.3, -0.25) is 4.79 Å². The number of carbonyl (C=O) groups is 1. The van der Waals surface area contributed by atoms with E-state index in [9.17, 15) is 4.79 Å². The summed E-state index contributed by atoms with van der Waals surface area (Å²) in [7, 11) is 1.82. The Kier molecular flexibility index (Phi) is 3.94. The second-order valence-electron chi connectivity index (χ2n) is 3.96. The van der Waals surface area contributed by atoms with E-state index in [-0.39, 0.29) is 6.04 Å². The zero-order valence-electron chi connectivity index (χ0n) is 9.97. The summed E-state index contributed by atoms with van der Waals surface area (Å²) in [5.74, 6) is -0.525. The van der Waals surface area contributed by atoms with Crippen molar-refractivity contribution in [3.63, 3.8) is 0 Å². The van der Waals surface area contributed by atoms with Gasteiger partial charge < -0.3 is 16.4 Å². The van der Waals surface area contributed by atoms with Crippen molar-refractivity contribution in [3.05, 3.63) is 23.8 Å². The molecule has 0 aliphatic carbocycles. The Balaban J connectivity index is 3.13. The lowest BCUT2D eigenvalue weighted by molar-refractivity contribution is 0.100. The van der Waals surface area contributed by atoms with Gasteiger partial charge in [-0.25, -0.2) is 0 Å². The van der Waals surface area contributed by atoms with Gasteiger partial charge in [0.25, 0.3) is 5.91 Å². The summed E-state index contributed by atoms with van der Waals surface area (Å²) >= 11 is 0. The fourth-order valence-corrected chi connectivity index (χ4v) is 1.57. The lowest BCUT2D eigenvalue weighted by atomic mass is 10.1. The Bertz CT molecular complexity index is 464. The van der Waals surface area contributed by atoms with Crippen LogP contribution in [0.25, 0.3) is 0 Å². The van der Waals surface area contributed by atoms with E-state index in [1.165, 1.54) is 0 Å². The number of carbonyl (C=O) groups excluding carboxylic acids is 1. The van der Waals surface area contributed by atoms with Crippen LogP contribution >= 0.6 is 0 Å². The molecule has 17 heavy (non-hydrogen) atoms. The van der Waals surface area contributed by atoms with Crippen molar-refractivity contribution >= 4 is 17.3 Å². The van der Waals surface area contributed by atoms with Crippen LogP contribution < -0.4 is 16.4 Å². The van der Waals surface area contributed by atoms with Gasteiger partial charge in [-0.15, -0.1) is 0 Å². The number of nitrogens with two attached hydrogens (primary N) is 2. The van der Waals surface area contributed by atoms with Crippen LogP contribution in [-0.2, 0) is 0 Å². The molecule has 1 aromatic rings. The first-order chi connectivity index (χ1) is 7.97. The molecule has 0 heterocycles. The van der Waals surface area contributed by atoms with Gasteiger partial charge in [0, 0.05) is 24.5 Å². The number of hydrogen-bond donors (Lipinski definition) is 2. The first-order valence-corrected chi connectivity index (χ1v) is 5.26. The monoisotopic (exact) mass is 232 g/mol. The van der Waals surface area contributed by atoms with Crippen LogP contribution in [-0.4, -0.2) is 19.0 Å². The summed E-state index contributed by atoms with van der Waals surface area (Å²) in [5, 5.41) is 8.67. The molecule has 5 nitrogen and oxygen atoms in total. The van der Waals surface area contributed by atoms with Crippen LogP contribution in [0.1, 0.15) is 23.7 Å². The molecule has 1 atom stereocenters. The highest BCUT2D eigenvalue weighted by atomic mass is 16.1. The number of anilines is 2. The summed E-state index contributed by atoms with van der Waals surface area (Å²) in [6.45, 7) is 1.91. The fourth-order valence-electron chi connectivity index (χ4n) is 1.57. The van der Waals surface area contributed by atoms with Crippen molar-refractivity contribution < 1.29 is 4.79 Å². The standard InChI is InChI=1S/C12H16N4O/c1-8(5-6-13)16(2)11-4-3-9(14)7-10(11)12(15)17/h3-4,7-8H,5,14H2,1-2H3,(H2,15,17). The molecule has 0 aliphatic rings. The summed E-state index contributed by atoms with van der Waals surface area (Å²) in [6, 6.07) is 7.09. The summed E-state index contributed by atoms with van der Waals surface area (Å²) < 4.78 is 0. The van der Waals surface area contributed by atoms with Gasteiger partial charge in [-0.2, -0.15) is 5.26 Å². The number of hydrogen-bond acceptors (Lipinski definition) is 4. The van der Waals surface area contributed by atoms with Gasteiger partial charge in [-0.05, 0) is 25.1 Å². The van der Waals surface area contributed by atoms with Gasteiger partial charge in [0.1, 0.15) is 0 Å². The second-order valence-corrected chi connectivity index (χ2v) is 3.96. The van der Waals surface area contributed by atoms with Gasteiger partial charge in [-0.1, -0.05) is 0 Å². The van der Waals surface area contributed by atoms with E-state index in [4.69, 9.17) is 16.7 Å². The molecule has 0 saturated heterocycles. The molecule has 0 saturated carbocycles. The van der Waals surface area contributed by atoms with Crippen molar-refractivity contribution in [1.82, 2.24) is 0 Å². The minimum atomic E-state index is -0.525. The first kappa shape index (κ1) is 12.8. The van der Waals surface area contributed by atoms with E-state index in [0.29, 0.717) is 23.4 Å². The number of nitriles is 1. The highest BCUT2D eigenvalue weighted by molar-refractivity contribution is 5.99. The predicted molar refractivity (Wildman–Crippen MR) is 67.5 cm³/mol. The van der Waals surface area contributed by atoms with E-state index >= 15 is 0 Å². The SMILES string of the molecule is CC(CC#N)N(C)c1ccc(N)cc1C(N)=O. The Hall–Kier alpha value is -2.22. The van der Waals surface area contributed by atoms with Crippen LogP contribution in [0.15, 0.2) is 18.2 Å². The van der Waals surface area contributed by atoms with Crippen molar-refractivity contribution in [1.29, 1.82) is 5.26 Å². The molecule has 0 spiro atoms. The van der Waals surface area contributed by atoms with E-state index in [1.807, 2.05) is 18.9 Å². The van der Waals surface area contributed by atoms with E-state index < -0.39 is 5.91 Å². The van der Waals surface area contributed by atoms with Crippen molar-refractivity contribution in [2.75, 3.05) is 17.7 Å². The van der Waals surface area contributed by atoms with Crippen LogP contribution in [0.5, 0.6) is 0 Å². The lowest BCUT2D eigenvalue weighted by Gasteiger charge is -2.27. The molecule has 0 fully saturated rings. The number of benzene rings is 1. The fraction of sp³-hybridized carbons (Fsp3) is 0.333. The van der Waals surface area contributed by atoms with Crippen molar-refractivity contribution in [2.45, 2.75) is 19.4 Å². The lowest BCUT2D eigenvalue weighted by Crippen LogP contribution is -2.30. The van der Waals surface area contributed by atoms with Crippen LogP contribution in [0, 0.1) is 11.3 Å². The average molecular weight is 232 g/mol. The minimum Gasteiger partial charge on any atom is -0.399 e. The van der Waals surface area contributed by atoms with Crippen LogP contribution in [0.3, 0.4) is 0 Å². The van der Waals surface area contributed by atoms with Gasteiger partial charge in [0.05, 0.1) is 18.1 Å². The summed E-state index contributed by atoms with van der Waals surface area (Å²) in [4.78, 5) is 13.2. The number of primary amides is 1. The Morgan fingerprint density at radius 3 is 2.76 bits per heavy atom. The molecule has 4 N–H and O–H groups in total. The summed E-state index contributed by atoms with van der Waals surface area (Å²) in [5.41, 5.74) is 12.5. The largest absolute Gasteiger partial charge is 0.399 e. The zero-order valence-corrected chi connectivity index (χ0v) is 9.97. The number of nitrogens with zero attached hydrogens (tertiary/aromatic N) is 2. The predicted octanol–water partition coefficient (Wildman–Crippen LogP) is 1.11. The van der Waals surface area contributed by atoms with Gasteiger partial charge in [0.2, 0.25) is 0 Å². The smallest absolute Gasteiger partial charge is 0.250 e. The maximum atomic E-state index is 11.3. The highest BCUT2D eigenvalue weighted by Gasteiger charge is 2.16. The Morgan fingerprint density at radius 2 is 2.24 bits per heavy atom. The van der Waals surface area contributed by atoms with E-state index in [1.54, 1.807) is 18.2 Å². The molecule has 1 aromatic carbocycles. The molecule has 0 aromatic heterocycles. The highest BCUT2D eigenvalue weighted by Crippen LogP contribution is 2.24. The number of rotatable bonds is 4. The zero-order chi connectivity index (χ0) is 13.0.